The molecule has 5 heteroatoms. The first-order valence-electron chi connectivity index (χ1n) is 7.24. The van der Waals surface area contributed by atoms with Crippen molar-refractivity contribution in [1.29, 1.82) is 0 Å². The fraction of sp³-hybridized carbons (Fsp3) is 0.786. The molecule has 1 spiro atoms. The predicted octanol–water partition coefficient (Wildman–Crippen LogP) is 1.58. The quantitative estimate of drug-likeness (QED) is 0.642. The number of nitrogens with one attached hydrogen (secondary N) is 1. The van der Waals surface area contributed by atoms with Crippen LogP contribution in [0.25, 0.3) is 0 Å². The molecule has 1 aromatic heterocycles. The highest BCUT2D eigenvalue weighted by Crippen LogP contribution is 2.46. The molecule has 0 bridgehead atoms. The van der Waals surface area contributed by atoms with E-state index < -0.39 is 0 Å². The van der Waals surface area contributed by atoms with Gasteiger partial charge in [0.15, 0.2) is 0 Å². The van der Waals surface area contributed by atoms with Gasteiger partial charge in [0.2, 0.25) is 0 Å². The normalized spacial score (nSPS) is 27.2. The van der Waals surface area contributed by atoms with Gasteiger partial charge < -0.3 is 4.74 Å². The van der Waals surface area contributed by atoms with Gasteiger partial charge in [0.1, 0.15) is 0 Å². The molecule has 3 rings (SSSR count). The Balaban J connectivity index is 1.77. The molecule has 19 heavy (non-hydrogen) atoms. The molecule has 2 aliphatic rings. The zero-order valence-corrected chi connectivity index (χ0v) is 11.9. The molecule has 0 amide bonds. The molecular weight excluding hydrogens is 240 g/mol. The molecule has 1 aliphatic carbocycles. The number of hydrazine groups is 1. The number of aromatic nitrogens is 2. The van der Waals surface area contributed by atoms with Gasteiger partial charge in [0.05, 0.1) is 17.3 Å². The van der Waals surface area contributed by atoms with Gasteiger partial charge in [0, 0.05) is 19.3 Å². The van der Waals surface area contributed by atoms with Crippen LogP contribution in [-0.4, -0.2) is 22.0 Å². The maximum absolute atomic E-state index is 6.00. The van der Waals surface area contributed by atoms with Crippen LogP contribution in [0.5, 0.6) is 0 Å². The van der Waals surface area contributed by atoms with Crippen LogP contribution in [0.1, 0.15) is 49.5 Å². The Morgan fingerprint density at radius 1 is 1.58 bits per heavy atom. The van der Waals surface area contributed by atoms with Crippen molar-refractivity contribution in [3.05, 3.63) is 17.5 Å². The Morgan fingerprint density at radius 3 is 2.89 bits per heavy atom. The van der Waals surface area contributed by atoms with E-state index in [0.29, 0.717) is 5.92 Å². The lowest BCUT2D eigenvalue weighted by molar-refractivity contribution is -0.147. The molecule has 1 saturated heterocycles. The highest BCUT2D eigenvalue weighted by atomic mass is 16.5. The third kappa shape index (κ3) is 2.30. The summed E-state index contributed by atoms with van der Waals surface area (Å²) in [5, 5.41) is 4.58. The molecule has 2 atom stereocenters. The largest absolute Gasteiger partial charge is 0.375 e. The fourth-order valence-electron chi connectivity index (χ4n) is 3.47. The van der Waals surface area contributed by atoms with Gasteiger partial charge in [-0.2, -0.15) is 5.10 Å². The third-order valence-electron chi connectivity index (χ3n) is 4.90. The number of aryl methyl sites for hydroxylation is 2. The van der Waals surface area contributed by atoms with Crippen LogP contribution in [0.15, 0.2) is 6.07 Å². The van der Waals surface area contributed by atoms with Crippen molar-refractivity contribution in [3.8, 4) is 0 Å². The van der Waals surface area contributed by atoms with E-state index in [-0.39, 0.29) is 11.6 Å². The highest BCUT2D eigenvalue weighted by Gasteiger charge is 2.44. The molecule has 106 valence electrons. The van der Waals surface area contributed by atoms with Gasteiger partial charge in [-0.3, -0.25) is 16.0 Å². The molecule has 2 fully saturated rings. The van der Waals surface area contributed by atoms with Crippen molar-refractivity contribution in [2.45, 2.75) is 50.7 Å². The number of nitrogens with zero attached hydrogens (tertiary/aromatic N) is 2. The summed E-state index contributed by atoms with van der Waals surface area (Å²) >= 11 is 0. The molecule has 0 aromatic carbocycles. The van der Waals surface area contributed by atoms with E-state index in [2.05, 4.69) is 23.5 Å². The second-order valence-electron chi connectivity index (χ2n) is 6.12. The lowest BCUT2D eigenvalue weighted by Crippen LogP contribution is -2.48. The predicted molar refractivity (Wildman–Crippen MR) is 73.3 cm³/mol. The zero-order valence-electron chi connectivity index (χ0n) is 11.9. The van der Waals surface area contributed by atoms with E-state index in [0.717, 1.165) is 25.1 Å². The standard InChI is InChI=1S/C14H24N4O/c1-10-8-12(17-18(10)2)13(16-15)11-4-7-19-14(9-11)5-3-6-14/h8,11,13,16H,3-7,9,15H2,1-2H3. The highest BCUT2D eigenvalue weighted by molar-refractivity contribution is 5.14. The first-order chi connectivity index (χ1) is 9.13. The van der Waals surface area contributed by atoms with Crippen LogP contribution in [0.3, 0.4) is 0 Å². The van der Waals surface area contributed by atoms with Gasteiger partial charge in [-0.05, 0) is 51.0 Å². The van der Waals surface area contributed by atoms with Gasteiger partial charge in [-0.1, -0.05) is 0 Å². The second-order valence-corrected chi connectivity index (χ2v) is 6.12. The average Bonchev–Trinajstić information content (AvgIpc) is 2.69. The maximum Gasteiger partial charge on any atom is 0.0813 e. The van der Waals surface area contributed by atoms with Crippen LogP contribution in [0.2, 0.25) is 0 Å². The molecule has 0 radical (unpaired) electrons. The van der Waals surface area contributed by atoms with Gasteiger partial charge in [-0.15, -0.1) is 0 Å². The van der Waals surface area contributed by atoms with E-state index in [1.165, 1.54) is 25.0 Å². The molecule has 3 N–H and O–H groups in total. The molecule has 1 aromatic rings. The Hall–Kier alpha value is -0.910. The number of ether oxygens (including phenoxy) is 1. The minimum Gasteiger partial charge on any atom is -0.375 e. The number of hydrogen-bond acceptors (Lipinski definition) is 4. The first-order valence-corrected chi connectivity index (χ1v) is 7.24. The number of hydrogen-bond donors (Lipinski definition) is 2. The molecular formula is C14H24N4O. The van der Waals surface area contributed by atoms with Gasteiger partial charge >= 0.3 is 0 Å². The summed E-state index contributed by atoms with van der Waals surface area (Å²) in [5.41, 5.74) is 5.36. The summed E-state index contributed by atoms with van der Waals surface area (Å²) in [6, 6.07) is 2.27. The Labute approximate surface area is 114 Å². The third-order valence-corrected chi connectivity index (χ3v) is 4.90. The summed E-state index contributed by atoms with van der Waals surface area (Å²) in [4.78, 5) is 0. The van der Waals surface area contributed by atoms with Gasteiger partial charge in [0.25, 0.3) is 0 Å². The van der Waals surface area contributed by atoms with Crippen LogP contribution in [-0.2, 0) is 11.8 Å². The Bertz CT molecular complexity index is 433. The zero-order chi connectivity index (χ0) is 13.5. The molecule has 1 saturated carbocycles. The Kier molecular flexibility index (Phi) is 3.37. The number of nitrogens with two attached hydrogens (primary N) is 1. The van der Waals surface area contributed by atoms with Crippen molar-refractivity contribution in [3.63, 3.8) is 0 Å². The monoisotopic (exact) mass is 264 g/mol. The fourth-order valence-corrected chi connectivity index (χ4v) is 3.47. The molecule has 2 heterocycles. The van der Waals surface area contributed by atoms with E-state index in [4.69, 9.17) is 10.6 Å². The van der Waals surface area contributed by atoms with Crippen LogP contribution >= 0.6 is 0 Å². The van der Waals surface area contributed by atoms with Gasteiger partial charge in [-0.25, -0.2) is 0 Å². The van der Waals surface area contributed by atoms with E-state index in [1.807, 2.05) is 11.7 Å². The molecule has 2 unspecified atom stereocenters. The van der Waals surface area contributed by atoms with E-state index >= 15 is 0 Å². The van der Waals surface area contributed by atoms with Crippen molar-refractivity contribution >= 4 is 0 Å². The van der Waals surface area contributed by atoms with Crippen molar-refractivity contribution in [2.75, 3.05) is 6.61 Å². The Morgan fingerprint density at radius 2 is 2.37 bits per heavy atom. The van der Waals surface area contributed by atoms with Crippen molar-refractivity contribution < 1.29 is 4.74 Å². The average molecular weight is 264 g/mol. The van der Waals surface area contributed by atoms with E-state index in [9.17, 15) is 0 Å². The molecule has 1 aliphatic heterocycles. The summed E-state index contributed by atoms with van der Waals surface area (Å²) in [6.07, 6.45) is 5.89. The van der Waals surface area contributed by atoms with Crippen molar-refractivity contribution in [2.24, 2.45) is 18.8 Å². The van der Waals surface area contributed by atoms with Crippen molar-refractivity contribution in [1.82, 2.24) is 15.2 Å². The minimum atomic E-state index is 0.140. The lowest BCUT2D eigenvalue weighted by Gasteiger charge is -2.48. The smallest absolute Gasteiger partial charge is 0.0813 e. The summed E-state index contributed by atoms with van der Waals surface area (Å²) < 4.78 is 7.91. The van der Waals surface area contributed by atoms with E-state index in [1.54, 1.807) is 0 Å². The minimum absolute atomic E-state index is 0.140. The SMILES string of the molecule is Cc1cc(C(NN)C2CCOC3(CCC3)C2)nn1C. The molecule has 5 nitrogen and oxygen atoms in total. The summed E-state index contributed by atoms with van der Waals surface area (Å²) in [5.74, 6) is 6.32. The van der Waals surface area contributed by atoms with Crippen LogP contribution in [0, 0.1) is 12.8 Å². The lowest BCUT2D eigenvalue weighted by atomic mass is 9.70. The summed E-state index contributed by atoms with van der Waals surface area (Å²) in [7, 11) is 1.98. The second kappa shape index (κ2) is 4.89. The van der Waals surface area contributed by atoms with Crippen LogP contribution < -0.4 is 11.3 Å². The maximum atomic E-state index is 6.00. The van der Waals surface area contributed by atoms with Crippen LogP contribution in [0.4, 0.5) is 0 Å². The first kappa shape index (κ1) is 13.1. The number of rotatable bonds is 3. The topological polar surface area (TPSA) is 65.1 Å². The summed E-state index contributed by atoms with van der Waals surface area (Å²) in [6.45, 7) is 2.93.